The molecule has 8 heteroatoms. The maximum Gasteiger partial charge on any atom is 0.325 e. The minimum Gasteiger partial charge on any atom is -0.480 e. The van der Waals surface area contributed by atoms with E-state index in [0.717, 1.165) is 4.68 Å². The first-order valence-electron chi connectivity index (χ1n) is 7.89. The van der Waals surface area contributed by atoms with Crippen molar-refractivity contribution in [1.82, 2.24) is 9.78 Å². The highest BCUT2D eigenvalue weighted by Gasteiger charge is 2.17. The summed E-state index contributed by atoms with van der Waals surface area (Å²) in [4.78, 5) is 35.9. The van der Waals surface area contributed by atoms with Crippen LogP contribution in [-0.4, -0.2) is 32.5 Å². The fourth-order valence-corrected chi connectivity index (χ4v) is 2.63. The summed E-state index contributed by atoms with van der Waals surface area (Å²) in [5.74, 6) is -1.87. The first-order chi connectivity index (χ1) is 12.9. The Labute approximate surface area is 159 Å². The van der Waals surface area contributed by atoms with Gasteiger partial charge in [-0.05, 0) is 18.2 Å². The molecule has 0 saturated carbocycles. The number of carbonyl (C=O) groups excluding carboxylic acids is 2. The highest BCUT2D eigenvalue weighted by Crippen LogP contribution is 2.24. The van der Waals surface area contributed by atoms with Crippen LogP contribution in [0.4, 0.5) is 5.69 Å². The molecule has 1 amide bonds. The number of hydrogen-bond donors (Lipinski definition) is 2. The third-order valence-corrected chi connectivity index (χ3v) is 3.94. The van der Waals surface area contributed by atoms with Crippen LogP contribution < -0.4 is 5.32 Å². The molecule has 0 fully saturated rings. The van der Waals surface area contributed by atoms with Crippen LogP contribution in [0.15, 0.2) is 60.9 Å². The van der Waals surface area contributed by atoms with Crippen molar-refractivity contribution >= 4 is 34.9 Å². The molecule has 0 aliphatic carbocycles. The van der Waals surface area contributed by atoms with E-state index in [1.807, 2.05) is 0 Å². The zero-order valence-electron chi connectivity index (χ0n) is 13.9. The lowest BCUT2D eigenvalue weighted by Crippen LogP contribution is -2.15. The third kappa shape index (κ3) is 4.39. The van der Waals surface area contributed by atoms with E-state index in [0.29, 0.717) is 16.3 Å². The quantitative estimate of drug-likeness (QED) is 0.637. The first-order valence-corrected chi connectivity index (χ1v) is 8.27. The fraction of sp³-hybridized carbons (Fsp3) is 0.0526. The van der Waals surface area contributed by atoms with E-state index in [-0.39, 0.29) is 23.5 Å². The molecule has 0 spiro atoms. The minimum absolute atomic E-state index is 0.171. The average Bonchev–Trinajstić information content (AvgIpc) is 3.11. The van der Waals surface area contributed by atoms with Crippen molar-refractivity contribution in [3.63, 3.8) is 0 Å². The number of benzene rings is 2. The lowest BCUT2D eigenvalue weighted by Gasteiger charge is -2.10. The molecular weight excluding hydrogens is 370 g/mol. The second kappa shape index (κ2) is 7.84. The van der Waals surface area contributed by atoms with Gasteiger partial charge in [-0.25, -0.2) is 0 Å². The maximum atomic E-state index is 12.8. The summed E-state index contributed by atoms with van der Waals surface area (Å²) in [6.45, 7) is -0.355. The number of carboxylic acid groups (broad SMARTS) is 1. The van der Waals surface area contributed by atoms with Crippen LogP contribution in [0.25, 0.3) is 0 Å². The molecule has 136 valence electrons. The van der Waals surface area contributed by atoms with Crippen molar-refractivity contribution in [3.05, 3.63) is 82.6 Å². The highest BCUT2D eigenvalue weighted by molar-refractivity contribution is 6.31. The number of anilines is 1. The minimum atomic E-state index is -1.07. The lowest BCUT2D eigenvalue weighted by atomic mass is 10.0. The smallest absolute Gasteiger partial charge is 0.325 e. The molecule has 0 atom stereocenters. The summed E-state index contributed by atoms with van der Waals surface area (Å²) in [7, 11) is 0. The number of amides is 1. The van der Waals surface area contributed by atoms with Gasteiger partial charge in [0.15, 0.2) is 5.78 Å². The van der Waals surface area contributed by atoms with Crippen LogP contribution in [0.1, 0.15) is 26.3 Å². The van der Waals surface area contributed by atoms with Crippen LogP contribution in [0.5, 0.6) is 0 Å². The second-order valence-corrected chi connectivity index (χ2v) is 6.10. The van der Waals surface area contributed by atoms with Crippen molar-refractivity contribution in [2.45, 2.75) is 6.54 Å². The van der Waals surface area contributed by atoms with Crippen molar-refractivity contribution in [2.24, 2.45) is 0 Å². The standard InChI is InChI=1S/C19H14ClN3O4/c20-14-6-7-16(15(8-14)18(26)12-4-2-1-3-5-12)22-19(27)13-9-21-23(10-13)11-17(24)25/h1-10H,11H2,(H,22,27)(H,24,25). The van der Waals surface area contributed by atoms with E-state index in [2.05, 4.69) is 10.4 Å². The van der Waals surface area contributed by atoms with Crippen molar-refractivity contribution in [2.75, 3.05) is 5.32 Å². The number of nitrogens with zero attached hydrogens (tertiary/aromatic N) is 2. The molecule has 2 N–H and O–H groups in total. The lowest BCUT2D eigenvalue weighted by molar-refractivity contribution is -0.137. The molecule has 0 bridgehead atoms. The largest absolute Gasteiger partial charge is 0.480 e. The van der Waals surface area contributed by atoms with Crippen LogP contribution in [0.3, 0.4) is 0 Å². The summed E-state index contributed by atoms with van der Waals surface area (Å²) >= 11 is 6.02. The molecule has 3 rings (SSSR count). The summed E-state index contributed by atoms with van der Waals surface area (Å²) in [6, 6.07) is 13.2. The summed E-state index contributed by atoms with van der Waals surface area (Å²) < 4.78 is 1.13. The van der Waals surface area contributed by atoms with Gasteiger partial charge in [0.2, 0.25) is 0 Å². The van der Waals surface area contributed by atoms with Crippen molar-refractivity contribution in [1.29, 1.82) is 0 Å². The van der Waals surface area contributed by atoms with Crippen molar-refractivity contribution < 1.29 is 19.5 Å². The molecule has 1 heterocycles. The summed E-state index contributed by atoms with van der Waals surface area (Å²) in [6.07, 6.45) is 2.57. The Balaban J connectivity index is 1.86. The van der Waals surface area contributed by atoms with Gasteiger partial charge >= 0.3 is 5.97 Å². The molecule has 27 heavy (non-hydrogen) atoms. The van der Waals surface area contributed by atoms with E-state index in [1.54, 1.807) is 36.4 Å². The van der Waals surface area contributed by atoms with E-state index in [9.17, 15) is 14.4 Å². The number of rotatable bonds is 6. The molecule has 2 aromatic carbocycles. The number of ketones is 1. The molecule has 0 unspecified atom stereocenters. The molecular formula is C19H14ClN3O4. The van der Waals surface area contributed by atoms with Gasteiger partial charge in [0, 0.05) is 22.3 Å². The van der Waals surface area contributed by atoms with Crippen molar-refractivity contribution in [3.8, 4) is 0 Å². The normalized spacial score (nSPS) is 10.4. The predicted octanol–water partition coefficient (Wildman–Crippen LogP) is 3.10. The molecule has 7 nitrogen and oxygen atoms in total. The van der Waals surface area contributed by atoms with Crippen LogP contribution in [0, 0.1) is 0 Å². The number of hydrogen-bond acceptors (Lipinski definition) is 4. The SMILES string of the molecule is O=C(O)Cn1cc(C(=O)Nc2ccc(Cl)cc2C(=O)c2ccccc2)cn1. The Bertz CT molecular complexity index is 1010. The maximum absolute atomic E-state index is 12.8. The Morgan fingerprint density at radius 3 is 2.52 bits per heavy atom. The molecule has 0 radical (unpaired) electrons. The van der Waals surface area contributed by atoms with Gasteiger partial charge in [-0.1, -0.05) is 41.9 Å². The monoisotopic (exact) mass is 383 g/mol. The van der Waals surface area contributed by atoms with Gasteiger partial charge in [0.1, 0.15) is 6.54 Å². The molecule has 3 aromatic rings. The molecule has 1 aromatic heterocycles. The summed E-state index contributed by atoms with van der Waals surface area (Å²) in [5, 5.41) is 15.6. The number of halogens is 1. The fourth-order valence-electron chi connectivity index (χ4n) is 2.46. The first kappa shape index (κ1) is 18.3. The number of carbonyl (C=O) groups is 3. The Hall–Kier alpha value is -3.45. The van der Waals surface area contributed by atoms with Crippen LogP contribution in [0.2, 0.25) is 5.02 Å². The van der Waals surface area contributed by atoms with Gasteiger partial charge in [-0.3, -0.25) is 19.1 Å². The summed E-state index contributed by atoms with van der Waals surface area (Å²) in [5.41, 5.74) is 1.18. The number of aromatic nitrogens is 2. The second-order valence-electron chi connectivity index (χ2n) is 5.66. The molecule has 0 aliphatic rings. The van der Waals surface area contributed by atoms with Gasteiger partial charge in [-0.2, -0.15) is 5.10 Å². The Morgan fingerprint density at radius 2 is 1.81 bits per heavy atom. The van der Waals surface area contributed by atoms with Gasteiger partial charge < -0.3 is 10.4 Å². The zero-order valence-corrected chi connectivity index (χ0v) is 14.7. The Morgan fingerprint density at radius 1 is 1.07 bits per heavy atom. The Kier molecular flexibility index (Phi) is 5.33. The van der Waals surface area contributed by atoms with Gasteiger partial charge in [0.25, 0.3) is 5.91 Å². The van der Waals surface area contributed by atoms with E-state index in [1.165, 1.54) is 24.5 Å². The number of carboxylic acids is 1. The molecule has 0 saturated heterocycles. The van der Waals surface area contributed by atoms with E-state index in [4.69, 9.17) is 16.7 Å². The number of nitrogens with one attached hydrogen (secondary N) is 1. The van der Waals surface area contributed by atoms with Gasteiger partial charge in [-0.15, -0.1) is 0 Å². The van der Waals surface area contributed by atoms with E-state index < -0.39 is 11.9 Å². The van der Waals surface area contributed by atoms with Gasteiger partial charge in [0.05, 0.1) is 17.4 Å². The number of aliphatic carboxylic acids is 1. The van der Waals surface area contributed by atoms with Crippen LogP contribution in [-0.2, 0) is 11.3 Å². The van der Waals surface area contributed by atoms with E-state index >= 15 is 0 Å². The predicted molar refractivity (Wildman–Crippen MR) is 99.1 cm³/mol. The average molecular weight is 384 g/mol. The molecule has 0 aliphatic heterocycles. The zero-order chi connectivity index (χ0) is 19.4. The topological polar surface area (TPSA) is 101 Å². The highest BCUT2D eigenvalue weighted by atomic mass is 35.5. The van der Waals surface area contributed by atoms with Crippen LogP contribution >= 0.6 is 11.6 Å². The third-order valence-electron chi connectivity index (χ3n) is 3.70.